The lowest BCUT2D eigenvalue weighted by molar-refractivity contribution is 0.413. The highest BCUT2D eigenvalue weighted by molar-refractivity contribution is 5.85. The summed E-state index contributed by atoms with van der Waals surface area (Å²) in [6.07, 6.45) is 0. The van der Waals surface area contributed by atoms with E-state index in [0.717, 1.165) is 5.56 Å². The van der Waals surface area contributed by atoms with Gasteiger partial charge in [-0.1, -0.05) is 12.1 Å². The summed E-state index contributed by atoms with van der Waals surface area (Å²) in [5.41, 5.74) is 5.55. The van der Waals surface area contributed by atoms with Crippen LogP contribution >= 0.6 is 12.4 Å². The normalized spacial score (nSPS) is 13.3. The summed E-state index contributed by atoms with van der Waals surface area (Å²) in [7, 11) is 1.58. The fourth-order valence-corrected chi connectivity index (χ4v) is 1.01. The van der Waals surface area contributed by atoms with Crippen LogP contribution < -0.4 is 10.5 Å². The molecule has 1 aromatic rings. The van der Waals surface area contributed by atoms with E-state index >= 15 is 0 Å². The number of nitrogens with zero attached hydrogens (tertiary/aromatic N) is 1. The number of halogens is 1. The smallest absolute Gasteiger partial charge is 0.127 e. The molecular weight excluding hydrogens is 200 g/mol. The second kappa shape index (κ2) is 4.85. The van der Waals surface area contributed by atoms with Crippen LogP contribution in [0.3, 0.4) is 0 Å². The Morgan fingerprint density at radius 1 is 1.50 bits per heavy atom. The molecule has 1 rings (SSSR count). The van der Waals surface area contributed by atoms with Gasteiger partial charge in [0.1, 0.15) is 11.3 Å². The summed E-state index contributed by atoms with van der Waals surface area (Å²) in [4.78, 5) is 0. The van der Waals surface area contributed by atoms with Gasteiger partial charge in [-0.25, -0.2) is 0 Å². The zero-order valence-electron chi connectivity index (χ0n) is 8.15. The van der Waals surface area contributed by atoms with Crippen LogP contribution in [0.25, 0.3) is 0 Å². The first-order chi connectivity index (χ1) is 6.10. The number of nitriles is 1. The lowest BCUT2D eigenvalue weighted by atomic mass is 9.95. The van der Waals surface area contributed by atoms with Crippen molar-refractivity contribution in [2.45, 2.75) is 12.5 Å². The van der Waals surface area contributed by atoms with Gasteiger partial charge < -0.3 is 10.5 Å². The average molecular weight is 213 g/mol. The summed E-state index contributed by atoms with van der Waals surface area (Å²) in [5.74, 6) is 0.712. The van der Waals surface area contributed by atoms with E-state index < -0.39 is 5.54 Å². The van der Waals surface area contributed by atoms with Crippen LogP contribution in [0.15, 0.2) is 24.3 Å². The Morgan fingerprint density at radius 2 is 2.14 bits per heavy atom. The van der Waals surface area contributed by atoms with Crippen molar-refractivity contribution in [2.24, 2.45) is 5.73 Å². The van der Waals surface area contributed by atoms with E-state index in [1.807, 2.05) is 24.3 Å². The molecule has 76 valence electrons. The van der Waals surface area contributed by atoms with Gasteiger partial charge in [-0.2, -0.15) is 5.26 Å². The first-order valence-electron chi connectivity index (χ1n) is 3.95. The van der Waals surface area contributed by atoms with E-state index in [-0.39, 0.29) is 12.4 Å². The second-order valence-corrected chi connectivity index (χ2v) is 3.05. The Morgan fingerprint density at radius 3 is 2.64 bits per heavy atom. The number of methoxy groups -OCH3 is 1. The zero-order chi connectivity index (χ0) is 9.90. The Bertz CT molecular complexity index is 344. The number of benzene rings is 1. The molecule has 0 heterocycles. The molecule has 1 unspecified atom stereocenters. The molecule has 0 fully saturated rings. The van der Waals surface area contributed by atoms with E-state index in [1.54, 1.807) is 20.1 Å². The molecule has 0 spiro atoms. The van der Waals surface area contributed by atoms with Crippen LogP contribution in [0, 0.1) is 11.3 Å². The van der Waals surface area contributed by atoms with Crippen molar-refractivity contribution in [3.05, 3.63) is 29.8 Å². The minimum Gasteiger partial charge on any atom is -0.497 e. The number of nitrogens with two attached hydrogens (primary N) is 1. The van der Waals surface area contributed by atoms with Crippen LogP contribution in [-0.2, 0) is 5.54 Å². The maximum absolute atomic E-state index is 8.80. The molecule has 0 radical (unpaired) electrons. The largest absolute Gasteiger partial charge is 0.497 e. The molecule has 0 aliphatic rings. The van der Waals surface area contributed by atoms with E-state index in [2.05, 4.69) is 0 Å². The standard InChI is InChI=1S/C10H12N2O.ClH/c1-10(12,7-11)8-4-3-5-9(6-8)13-2;/h3-6H,12H2,1-2H3;1H. The molecule has 3 nitrogen and oxygen atoms in total. The molecule has 2 N–H and O–H groups in total. The minimum absolute atomic E-state index is 0. The highest BCUT2D eigenvalue weighted by atomic mass is 35.5. The number of ether oxygens (including phenoxy) is 1. The first kappa shape index (κ1) is 12.8. The van der Waals surface area contributed by atoms with Crippen LogP contribution in [-0.4, -0.2) is 7.11 Å². The quantitative estimate of drug-likeness (QED) is 0.814. The van der Waals surface area contributed by atoms with Crippen molar-refractivity contribution in [3.63, 3.8) is 0 Å². The van der Waals surface area contributed by atoms with Crippen molar-refractivity contribution >= 4 is 12.4 Å². The first-order valence-corrected chi connectivity index (χ1v) is 3.95. The summed E-state index contributed by atoms with van der Waals surface area (Å²) in [6.45, 7) is 1.67. The van der Waals surface area contributed by atoms with Gasteiger partial charge in [0.2, 0.25) is 0 Å². The molecule has 1 aromatic carbocycles. The molecule has 0 amide bonds. The average Bonchev–Trinajstić information content (AvgIpc) is 2.18. The predicted octanol–water partition coefficient (Wildman–Crippen LogP) is 1.81. The topological polar surface area (TPSA) is 59.0 Å². The molecule has 0 aliphatic carbocycles. The van der Waals surface area contributed by atoms with Crippen molar-refractivity contribution in [1.82, 2.24) is 0 Å². The Balaban J connectivity index is 0.00000169. The van der Waals surface area contributed by atoms with Gasteiger partial charge in [0, 0.05) is 0 Å². The number of rotatable bonds is 2. The minimum atomic E-state index is -0.950. The van der Waals surface area contributed by atoms with Gasteiger partial charge in [-0.15, -0.1) is 12.4 Å². The fraction of sp³-hybridized carbons (Fsp3) is 0.300. The molecule has 0 saturated carbocycles. The van der Waals surface area contributed by atoms with E-state index in [0.29, 0.717) is 5.75 Å². The molecule has 14 heavy (non-hydrogen) atoms. The number of hydrogen-bond donors (Lipinski definition) is 1. The third kappa shape index (κ3) is 2.63. The third-order valence-corrected chi connectivity index (χ3v) is 1.90. The highest BCUT2D eigenvalue weighted by Crippen LogP contribution is 2.21. The van der Waals surface area contributed by atoms with E-state index in [1.165, 1.54) is 0 Å². The number of hydrogen-bond acceptors (Lipinski definition) is 3. The third-order valence-electron chi connectivity index (χ3n) is 1.90. The molecule has 0 saturated heterocycles. The van der Waals surface area contributed by atoms with Gasteiger partial charge in [0.05, 0.1) is 13.2 Å². The van der Waals surface area contributed by atoms with Gasteiger partial charge in [-0.3, -0.25) is 0 Å². The monoisotopic (exact) mass is 212 g/mol. The highest BCUT2D eigenvalue weighted by Gasteiger charge is 2.20. The Kier molecular flexibility index (Phi) is 4.42. The van der Waals surface area contributed by atoms with Crippen molar-refractivity contribution in [1.29, 1.82) is 5.26 Å². The van der Waals surface area contributed by atoms with Crippen molar-refractivity contribution < 1.29 is 4.74 Å². The zero-order valence-corrected chi connectivity index (χ0v) is 8.97. The van der Waals surface area contributed by atoms with E-state index in [4.69, 9.17) is 15.7 Å². The van der Waals surface area contributed by atoms with Crippen LogP contribution in [0.2, 0.25) is 0 Å². The fourth-order valence-electron chi connectivity index (χ4n) is 1.01. The molecule has 0 aromatic heterocycles. The molecular formula is C10H13ClN2O. The lowest BCUT2D eigenvalue weighted by Crippen LogP contribution is -2.30. The van der Waals surface area contributed by atoms with Gasteiger partial charge in [0.25, 0.3) is 0 Å². The molecule has 4 heteroatoms. The Hall–Kier alpha value is -1.24. The van der Waals surface area contributed by atoms with E-state index in [9.17, 15) is 0 Å². The predicted molar refractivity (Wildman–Crippen MR) is 57.4 cm³/mol. The van der Waals surface area contributed by atoms with Crippen LogP contribution in [0.4, 0.5) is 0 Å². The second-order valence-electron chi connectivity index (χ2n) is 3.05. The Labute approximate surface area is 89.9 Å². The van der Waals surface area contributed by atoms with Crippen molar-refractivity contribution in [3.8, 4) is 11.8 Å². The molecule has 1 atom stereocenters. The summed E-state index contributed by atoms with van der Waals surface area (Å²) >= 11 is 0. The van der Waals surface area contributed by atoms with Gasteiger partial charge >= 0.3 is 0 Å². The molecule has 0 aliphatic heterocycles. The van der Waals surface area contributed by atoms with Crippen LogP contribution in [0.1, 0.15) is 12.5 Å². The maximum Gasteiger partial charge on any atom is 0.127 e. The lowest BCUT2D eigenvalue weighted by Gasteiger charge is -2.16. The SMILES string of the molecule is COc1cccc(C(C)(N)C#N)c1.Cl. The van der Waals surface area contributed by atoms with Gasteiger partial charge in [-0.05, 0) is 24.6 Å². The summed E-state index contributed by atoms with van der Waals surface area (Å²) in [5, 5.41) is 8.80. The van der Waals surface area contributed by atoms with Gasteiger partial charge in [0.15, 0.2) is 0 Å². The van der Waals surface area contributed by atoms with Crippen LogP contribution in [0.5, 0.6) is 5.75 Å². The molecule has 0 bridgehead atoms. The van der Waals surface area contributed by atoms with Crippen molar-refractivity contribution in [2.75, 3.05) is 7.11 Å². The summed E-state index contributed by atoms with van der Waals surface area (Å²) in [6, 6.07) is 9.24. The summed E-state index contributed by atoms with van der Waals surface area (Å²) < 4.78 is 5.03. The maximum atomic E-state index is 8.80.